The van der Waals surface area contributed by atoms with Gasteiger partial charge in [0.25, 0.3) is 0 Å². The summed E-state index contributed by atoms with van der Waals surface area (Å²) in [7, 11) is -4.34. The van der Waals surface area contributed by atoms with Gasteiger partial charge in [0, 0.05) is 45.6 Å². The Kier molecular flexibility index (Phi) is 55.2. The maximum Gasteiger partial charge on any atom is 0.470 e. The van der Waals surface area contributed by atoms with Crippen molar-refractivity contribution < 1.29 is 120 Å². The van der Waals surface area contributed by atoms with Crippen LogP contribution in [0.25, 0.3) is 0 Å². The Hall–Kier alpha value is -5.92. The number of carbonyl (C=O) groups is 11. The number of amides is 6. The fourth-order valence-electron chi connectivity index (χ4n) is 13.1. The van der Waals surface area contributed by atoms with E-state index in [4.69, 9.17) is 43.4 Å². The van der Waals surface area contributed by atoms with E-state index in [1.807, 2.05) is 0 Å². The van der Waals surface area contributed by atoms with Gasteiger partial charge in [0.05, 0.1) is 32.6 Å². The molecule has 0 aliphatic carbocycles. The number of hydrogen-bond donors (Lipinski definition) is 10. The molecule has 0 spiro atoms. The molecular weight excluding hydrogens is 1450 g/mol. The highest BCUT2D eigenvalue weighted by molar-refractivity contribution is 7.46. The Morgan fingerprint density at radius 2 is 1.00 bits per heavy atom. The molecule has 31 nitrogen and oxygen atoms in total. The minimum absolute atomic E-state index is 0.0662. The van der Waals surface area contributed by atoms with E-state index in [0.717, 1.165) is 103 Å². The lowest BCUT2D eigenvalue weighted by atomic mass is 9.96. The molecule has 32 heteroatoms. The number of phosphoric acid groups is 1. The Morgan fingerprint density at radius 1 is 0.518 bits per heavy atom. The smallest absolute Gasteiger partial charge is 0.469 e. The zero-order chi connectivity index (χ0) is 81.5. The van der Waals surface area contributed by atoms with Crippen molar-refractivity contribution in [2.24, 2.45) is 5.73 Å². The summed E-state index contributed by atoms with van der Waals surface area (Å²) in [5.41, 5.74) is 5.38. The Labute approximate surface area is 652 Å². The fraction of sp³-hybridized carbons (Fsp3) is 0.859. The van der Waals surface area contributed by atoms with E-state index >= 15 is 0 Å². The van der Waals surface area contributed by atoms with Crippen LogP contribution in [-0.4, -0.2) is 198 Å². The first-order chi connectivity index (χ1) is 52.6. The van der Waals surface area contributed by atoms with Gasteiger partial charge in [0.1, 0.15) is 74.1 Å². The summed E-state index contributed by atoms with van der Waals surface area (Å²) in [6.45, 7) is 9.12. The van der Waals surface area contributed by atoms with E-state index in [0.29, 0.717) is 51.4 Å². The average molecular weight is 1590 g/mol. The van der Waals surface area contributed by atoms with Gasteiger partial charge in [0.2, 0.25) is 35.4 Å². The van der Waals surface area contributed by atoms with Crippen molar-refractivity contribution in [2.75, 3.05) is 33.5 Å². The van der Waals surface area contributed by atoms with Gasteiger partial charge in [-0.2, -0.15) is 0 Å². The van der Waals surface area contributed by atoms with Gasteiger partial charge < -0.3 is 90.2 Å². The summed E-state index contributed by atoms with van der Waals surface area (Å²) >= 11 is 0. The molecule has 2 heterocycles. The standard InChI is InChI=1S/C78H139N6O25P/c1-8-11-14-17-20-23-25-28-31-34-38-44-68(91)106-58(42-37-33-30-27-22-19-16-13-10-3)51-64(87)84-70-74(108-69(92)45-39-35-32-29-26-24-21-18-15-12-9-2)73(109-110(98,99)100)62(107-78(70)97)54-104-67(90)49-47-63(86)80-50-41-36-40-43-66(89)103-53-61-71(93)72(60(52-102-61)82-57(6)85)105-56(5)77(96)81-55(4)76(95)83-59(75(79)94)46-48-65(88)101-7/h55-56,58-62,70-74,78,93,97H,8-54H2,1-7H3,(H2,79,94)(H,80,86)(H,81,96)(H,82,85)(H,83,95)(H,84,87)(H2,98,99,100)/t55-,56?,58?,59+,60-,61+,62+,70+,71+,72-,73+,74+,78?/m0/s1. The zero-order valence-electron chi connectivity index (χ0n) is 67.1. The number of primary amides is 1. The number of rotatable bonds is 65. The van der Waals surface area contributed by atoms with Crippen LogP contribution in [0.3, 0.4) is 0 Å². The number of hydrogen-bond acceptors (Lipinski definition) is 23. The van der Waals surface area contributed by atoms with Crippen LogP contribution in [-0.2, 0) is 99.7 Å². The van der Waals surface area contributed by atoms with Crippen molar-refractivity contribution in [3.63, 3.8) is 0 Å². The summed E-state index contributed by atoms with van der Waals surface area (Å²) in [4.78, 5) is 162. The molecule has 11 N–H and O–H groups in total. The summed E-state index contributed by atoms with van der Waals surface area (Å²) < 4.78 is 62.6. The maximum absolute atomic E-state index is 14.2. The lowest BCUT2D eigenvalue weighted by Gasteiger charge is -2.44. The van der Waals surface area contributed by atoms with Crippen molar-refractivity contribution in [3.8, 4) is 0 Å². The van der Waals surface area contributed by atoms with Gasteiger partial charge in [0.15, 0.2) is 12.4 Å². The predicted octanol–water partition coefficient (Wildman–Crippen LogP) is 9.21. The highest BCUT2D eigenvalue weighted by Gasteiger charge is 2.52. The summed E-state index contributed by atoms with van der Waals surface area (Å²) in [5.74, 6) is -7.82. The van der Waals surface area contributed by atoms with Crippen LogP contribution in [0, 0.1) is 0 Å². The minimum Gasteiger partial charge on any atom is -0.469 e. The molecule has 2 aliphatic rings. The lowest BCUT2D eigenvalue weighted by molar-refractivity contribution is -0.257. The van der Waals surface area contributed by atoms with Crippen LogP contribution >= 0.6 is 7.82 Å². The molecule has 2 aliphatic heterocycles. The quantitative estimate of drug-likeness (QED) is 0.0117. The molecule has 2 saturated heterocycles. The minimum atomic E-state index is -5.50. The normalized spacial score (nSPS) is 20.2. The van der Waals surface area contributed by atoms with Gasteiger partial charge in [-0.05, 0) is 58.8 Å². The van der Waals surface area contributed by atoms with Crippen molar-refractivity contribution >= 4 is 73.1 Å². The highest BCUT2D eigenvalue weighted by Crippen LogP contribution is 2.42. The second-order valence-electron chi connectivity index (χ2n) is 29.4. The number of esters is 5. The predicted molar refractivity (Wildman–Crippen MR) is 408 cm³/mol. The number of nitrogens with two attached hydrogens (primary N) is 1. The third-order valence-corrected chi connectivity index (χ3v) is 20.1. The lowest BCUT2D eigenvalue weighted by Crippen LogP contribution is -2.66. The molecule has 0 aromatic heterocycles. The second-order valence-corrected chi connectivity index (χ2v) is 30.6. The molecule has 2 fully saturated rings. The highest BCUT2D eigenvalue weighted by atomic mass is 31.2. The molecule has 0 aromatic rings. The average Bonchev–Trinajstić information content (AvgIpc) is 0.784. The number of nitrogens with one attached hydrogen (secondary N) is 5. The van der Waals surface area contributed by atoms with E-state index < -0.39 is 172 Å². The van der Waals surface area contributed by atoms with Crippen LogP contribution in [0.4, 0.5) is 0 Å². The number of ether oxygens (including phenoxy) is 8. The van der Waals surface area contributed by atoms with Gasteiger partial charge in [-0.15, -0.1) is 0 Å². The van der Waals surface area contributed by atoms with Crippen molar-refractivity contribution in [3.05, 3.63) is 0 Å². The van der Waals surface area contributed by atoms with Crippen LogP contribution in [0.1, 0.15) is 318 Å². The molecule has 13 atom stereocenters. The largest absolute Gasteiger partial charge is 0.470 e. The summed E-state index contributed by atoms with van der Waals surface area (Å²) in [6, 6.07) is -5.11. The van der Waals surface area contributed by atoms with Crippen molar-refractivity contribution in [1.29, 1.82) is 0 Å². The van der Waals surface area contributed by atoms with Gasteiger partial charge >= 0.3 is 37.7 Å². The van der Waals surface area contributed by atoms with E-state index in [1.165, 1.54) is 97.8 Å². The third-order valence-electron chi connectivity index (χ3n) is 19.6. The first-order valence-electron chi connectivity index (χ1n) is 41.2. The van der Waals surface area contributed by atoms with Gasteiger partial charge in [-0.25, -0.2) is 4.57 Å². The van der Waals surface area contributed by atoms with E-state index in [9.17, 15) is 77.3 Å². The number of aliphatic hydroxyl groups is 2. The first-order valence-corrected chi connectivity index (χ1v) is 42.7. The molecule has 2 rings (SSSR count). The Balaban J connectivity index is 2.07. The fourth-order valence-corrected chi connectivity index (χ4v) is 13.7. The van der Waals surface area contributed by atoms with E-state index in [-0.39, 0.29) is 58.1 Å². The third kappa shape index (κ3) is 47.6. The van der Waals surface area contributed by atoms with Crippen molar-refractivity contribution in [1.82, 2.24) is 26.6 Å². The first kappa shape index (κ1) is 100. The van der Waals surface area contributed by atoms with Crippen LogP contribution in [0.15, 0.2) is 0 Å². The second kappa shape index (κ2) is 60.6. The van der Waals surface area contributed by atoms with Gasteiger partial charge in [-0.1, -0.05) is 207 Å². The number of aliphatic hydroxyl groups excluding tert-OH is 2. The molecule has 3 unspecified atom stereocenters. The van der Waals surface area contributed by atoms with Crippen LogP contribution in [0.5, 0.6) is 0 Å². The molecule has 6 amide bonds. The molecule has 0 bridgehead atoms. The number of methoxy groups -OCH3 is 1. The van der Waals surface area contributed by atoms with E-state index in [1.54, 1.807) is 0 Å². The maximum atomic E-state index is 14.2. The van der Waals surface area contributed by atoms with Crippen LogP contribution < -0.4 is 32.3 Å². The van der Waals surface area contributed by atoms with Crippen molar-refractivity contribution in [2.45, 2.75) is 397 Å². The topological polar surface area (TPSA) is 455 Å². The molecule has 0 radical (unpaired) electrons. The number of carbonyl (C=O) groups excluding carboxylic acids is 11. The summed E-state index contributed by atoms with van der Waals surface area (Å²) in [5, 5.41) is 35.7. The molecular formula is C78H139N6O25P. The molecule has 636 valence electrons. The number of unbranched alkanes of at least 4 members (excludes halogenated alkanes) is 30. The zero-order valence-corrected chi connectivity index (χ0v) is 68.0. The molecule has 0 saturated carbocycles. The van der Waals surface area contributed by atoms with E-state index in [2.05, 4.69) is 52.1 Å². The Morgan fingerprint density at radius 3 is 1.51 bits per heavy atom. The van der Waals surface area contributed by atoms with Crippen LogP contribution in [0.2, 0.25) is 0 Å². The molecule has 110 heavy (non-hydrogen) atoms. The molecule has 0 aromatic carbocycles. The Bertz CT molecular complexity index is 2690. The van der Waals surface area contributed by atoms with Gasteiger partial charge in [-0.3, -0.25) is 57.3 Å². The SMILES string of the molecule is CCCCCCCCCCCCCC(=O)OC(CCCCCCCCCCC)CC(=O)N[C@H]1C(O)O[C@H](COC(=O)CCC(=O)NCCCCCC(=O)OC[C@H]2OC[C@H](NC(C)=O)[C@H](OC(C)C(=O)N[C@@H](C)C(=O)N[C@H](CCC(=O)OC)C(N)=O)[C@@H]2O)[C@@H](OP(=O)(O)O)[C@@H]1OC(=O)CCCCCCCCCCCCC. The number of phosphoric ester groups is 1. The monoisotopic (exact) mass is 1590 g/mol. The summed E-state index contributed by atoms with van der Waals surface area (Å²) in [6.07, 6.45) is 18.9.